The molecule has 1 heteroatoms. The van der Waals surface area contributed by atoms with Gasteiger partial charge in [-0.2, -0.15) is 0 Å². The van der Waals surface area contributed by atoms with Crippen molar-refractivity contribution in [3.05, 3.63) is 35.4 Å². The maximum Gasteiger partial charge on any atom is 0.00201 e. The zero-order valence-electron chi connectivity index (χ0n) is 12.5. The zero-order valence-corrected chi connectivity index (χ0v) is 12.5. The van der Waals surface area contributed by atoms with Gasteiger partial charge < -0.3 is 5.32 Å². The Morgan fingerprint density at radius 2 is 2.00 bits per heavy atom. The van der Waals surface area contributed by atoms with Crippen LogP contribution in [0.15, 0.2) is 24.3 Å². The quantitative estimate of drug-likeness (QED) is 0.712. The lowest BCUT2D eigenvalue weighted by molar-refractivity contribution is 0.422. The summed E-state index contributed by atoms with van der Waals surface area (Å²) in [6, 6.07) is 9.01. The van der Waals surface area contributed by atoms with E-state index in [0.29, 0.717) is 5.92 Å². The molecule has 0 amide bonds. The van der Waals surface area contributed by atoms with Crippen LogP contribution in [0.2, 0.25) is 0 Å². The molecule has 0 radical (unpaired) electrons. The normalized spacial score (nSPS) is 14.4. The molecule has 18 heavy (non-hydrogen) atoms. The molecule has 0 fully saturated rings. The third-order valence-corrected chi connectivity index (χ3v) is 3.62. The van der Waals surface area contributed by atoms with Crippen molar-refractivity contribution >= 4 is 0 Å². The molecule has 0 spiro atoms. The molecular formula is C17H29N. The van der Waals surface area contributed by atoms with Crippen molar-refractivity contribution in [3.8, 4) is 0 Å². The monoisotopic (exact) mass is 247 g/mol. The van der Waals surface area contributed by atoms with E-state index in [1.165, 1.54) is 30.4 Å². The fourth-order valence-electron chi connectivity index (χ4n) is 2.68. The highest BCUT2D eigenvalue weighted by atomic mass is 14.8. The molecule has 0 heterocycles. The molecule has 1 nitrogen and oxygen atoms in total. The van der Waals surface area contributed by atoms with Gasteiger partial charge in [0.05, 0.1) is 0 Å². The maximum atomic E-state index is 3.51. The van der Waals surface area contributed by atoms with Gasteiger partial charge >= 0.3 is 0 Å². The molecule has 2 unspecified atom stereocenters. The highest BCUT2D eigenvalue weighted by Crippen LogP contribution is 2.26. The summed E-state index contributed by atoms with van der Waals surface area (Å²) in [5, 5.41) is 3.51. The van der Waals surface area contributed by atoms with E-state index in [4.69, 9.17) is 0 Å². The number of hydrogen-bond acceptors (Lipinski definition) is 1. The predicted molar refractivity (Wildman–Crippen MR) is 81.2 cm³/mol. The molecular weight excluding hydrogens is 218 g/mol. The molecule has 2 atom stereocenters. The van der Waals surface area contributed by atoms with Gasteiger partial charge in [-0.1, -0.05) is 63.4 Å². The Hall–Kier alpha value is -0.820. The predicted octanol–water partition coefficient (Wildman–Crippen LogP) is 4.51. The lowest BCUT2D eigenvalue weighted by Crippen LogP contribution is -2.22. The lowest BCUT2D eigenvalue weighted by Gasteiger charge is -2.22. The van der Waals surface area contributed by atoms with Crippen molar-refractivity contribution < 1.29 is 0 Å². The molecule has 0 aliphatic heterocycles. The summed E-state index contributed by atoms with van der Waals surface area (Å²) in [7, 11) is 0. The smallest absolute Gasteiger partial charge is 0.00201 e. The third kappa shape index (κ3) is 5.22. The molecule has 0 saturated heterocycles. The van der Waals surface area contributed by atoms with Gasteiger partial charge in [-0.3, -0.25) is 0 Å². The van der Waals surface area contributed by atoms with Gasteiger partial charge in [0, 0.05) is 6.54 Å². The summed E-state index contributed by atoms with van der Waals surface area (Å²) in [6.07, 6.45) is 3.93. The summed E-state index contributed by atoms with van der Waals surface area (Å²) in [5.74, 6) is 1.48. The average molecular weight is 247 g/mol. The van der Waals surface area contributed by atoms with E-state index in [-0.39, 0.29) is 0 Å². The molecule has 0 aliphatic rings. The number of hydrogen-bond donors (Lipinski definition) is 1. The van der Waals surface area contributed by atoms with Gasteiger partial charge in [0.15, 0.2) is 0 Å². The summed E-state index contributed by atoms with van der Waals surface area (Å²) in [4.78, 5) is 0. The first-order valence-corrected chi connectivity index (χ1v) is 7.44. The topological polar surface area (TPSA) is 12.0 Å². The number of likely N-dealkylation sites (N-methyl/N-ethyl adjacent to an activating group) is 1. The van der Waals surface area contributed by atoms with Crippen LogP contribution in [0.1, 0.15) is 57.1 Å². The van der Waals surface area contributed by atoms with Gasteiger partial charge in [-0.15, -0.1) is 0 Å². The van der Waals surface area contributed by atoms with Crippen molar-refractivity contribution in [3.63, 3.8) is 0 Å². The largest absolute Gasteiger partial charge is 0.316 e. The van der Waals surface area contributed by atoms with Gasteiger partial charge in [-0.05, 0) is 37.3 Å². The van der Waals surface area contributed by atoms with Crippen LogP contribution in [0.5, 0.6) is 0 Å². The second kappa shape index (κ2) is 8.31. The minimum Gasteiger partial charge on any atom is -0.316 e. The van der Waals surface area contributed by atoms with E-state index < -0.39 is 0 Å². The van der Waals surface area contributed by atoms with Crippen molar-refractivity contribution in [1.29, 1.82) is 0 Å². The number of benzene rings is 1. The molecule has 0 aliphatic carbocycles. The molecule has 0 bridgehead atoms. The molecule has 0 aromatic heterocycles. The molecule has 0 saturated carbocycles. The Bertz CT molecular complexity index is 332. The van der Waals surface area contributed by atoms with Crippen molar-refractivity contribution in [2.45, 2.75) is 52.9 Å². The van der Waals surface area contributed by atoms with Crippen molar-refractivity contribution in [2.24, 2.45) is 5.92 Å². The van der Waals surface area contributed by atoms with Crippen LogP contribution in [-0.4, -0.2) is 13.1 Å². The number of nitrogens with one attached hydrogen (secondary N) is 1. The minimum atomic E-state index is 0.659. The van der Waals surface area contributed by atoms with Gasteiger partial charge in [0.1, 0.15) is 0 Å². The van der Waals surface area contributed by atoms with E-state index in [1.54, 1.807) is 0 Å². The third-order valence-electron chi connectivity index (χ3n) is 3.62. The molecule has 1 aromatic carbocycles. The highest BCUT2D eigenvalue weighted by Gasteiger charge is 2.14. The van der Waals surface area contributed by atoms with E-state index in [1.807, 2.05) is 0 Å². The van der Waals surface area contributed by atoms with Crippen molar-refractivity contribution in [1.82, 2.24) is 5.32 Å². The standard InChI is InChI=1S/C17H29N/c1-5-8-14(3)12-17(13-18-6-2)16-10-7-9-15(4)11-16/h7,9-11,14,17-18H,5-6,8,12-13H2,1-4H3. The Kier molecular flexibility index (Phi) is 7.04. The fourth-order valence-corrected chi connectivity index (χ4v) is 2.68. The second-order valence-corrected chi connectivity index (χ2v) is 5.55. The van der Waals surface area contributed by atoms with E-state index >= 15 is 0 Å². The van der Waals surface area contributed by atoms with Crippen LogP contribution in [0.3, 0.4) is 0 Å². The summed E-state index contributed by atoms with van der Waals surface area (Å²) >= 11 is 0. The highest BCUT2D eigenvalue weighted by molar-refractivity contribution is 5.25. The SMILES string of the molecule is CCCC(C)CC(CNCC)c1cccc(C)c1. The van der Waals surface area contributed by atoms with E-state index in [2.05, 4.69) is 57.3 Å². The number of rotatable bonds is 8. The summed E-state index contributed by atoms with van der Waals surface area (Å²) < 4.78 is 0. The first kappa shape index (κ1) is 15.2. The second-order valence-electron chi connectivity index (χ2n) is 5.55. The van der Waals surface area contributed by atoms with Crippen LogP contribution in [0.4, 0.5) is 0 Å². The Balaban J connectivity index is 2.70. The van der Waals surface area contributed by atoms with Gasteiger partial charge in [0.2, 0.25) is 0 Å². The molecule has 1 rings (SSSR count). The molecule has 1 aromatic rings. The first-order valence-electron chi connectivity index (χ1n) is 7.44. The summed E-state index contributed by atoms with van der Waals surface area (Å²) in [6.45, 7) is 11.2. The minimum absolute atomic E-state index is 0.659. The van der Waals surface area contributed by atoms with Crippen molar-refractivity contribution in [2.75, 3.05) is 13.1 Å². The Labute approximate surface area is 113 Å². The Morgan fingerprint density at radius 1 is 1.22 bits per heavy atom. The average Bonchev–Trinajstić information content (AvgIpc) is 2.34. The van der Waals surface area contributed by atoms with Gasteiger partial charge in [-0.25, -0.2) is 0 Å². The van der Waals surface area contributed by atoms with Crippen LogP contribution < -0.4 is 5.32 Å². The maximum absolute atomic E-state index is 3.51. The lowest BCUT2D eigenvalue weighted by atomic mass is 9.87. The van der Waals surface area contributed by atoms with E-state index in [9.17, 15) is 0 Å². The molecule has 102 valence electrons. The fraction of sp³-hybridized carbons (Fsp3) is 0.647. The van der Waals surface area contributed by atoms with Crippen LogP contribution in [-0.2, 0) is 0 Å². The van der Waals surface area contributed by atoms with E-state index in [0.717, 1.165) is 19.0 Å². The number of aryl methyl sites for hydroxylation is 1. The van der Waals surface area contributed by atoms with Crippen LogP contribution in [0, 0.1) is 12.8 Å². The summed E-state index contributed by atoms with van der Waals surface area (Å²) in [5.41, 5.74) is 2.87. The Morgan fingerprint density at radius 3 is 2.61 bits per heavy atom. The first-order chi connectivity index (χ1) is 8.67. The zero-order chi connectivity index (χ0) is 13.4. The molecule has 1 N–H and O–H groups in total. The van der Waals surface area contributed by atoms with Crippen LogP contribution in [0.25, 0.3) is 0 Å². The van der Waals surface area contributed by atoms with Crippen LogP contribution >= 0.6 is 0 Å². The van der Waals surface area contributed by atoms with Gasteiger partial charge in [0.25, 0.3) is 0 Å².